The number of rotatable bonds is 12. The van der Waals surface area contributed by atoms with Crippen molar-refractivity contribution in [3.63, 3.8) is 0 Å². The van der Waals surface area contributed by atoms with E-state index in [-0.39, 0.29) is 36.2 Å². The van der Waals surface area contributed by atoms with Gasteiger partial charge in [-0.2, -0.15) is 0 Å². The largest absolute Gasteiger partial charge is 0.460 e. The molecule has 2 aromatic rings. The highest BCUT2D eigenvalue weighted by atomic mass is 16.7. The number of carbonyl (C=O) groups is 3. The molecule has 6 rings (SSSR count). The average molecular weight is 641 g/mol. The van der Waals surface area contributed by atoms with Crippen molar-refractivity contribution < 1.29 is 34.1 Å². The van der Waals surface area contributed by atoms with Crippen LogP contribution in [0.1, 0.15) is 84.6 Å². The predicted octanol–water partition coefficient (Wildman–Crippen LogP) is 4.48. The fourth-order valence-corrected chi connectivity index (χ4v) is 7.83. The molecule has 2 fully saturated rings. The molecule has 4 aliphatic rings. The second kappa shape index (κ2) is 13.2. The Kier molecular flexibility index (Phi) is 9.25. The number of nitrogens with two attached hydrogens (primary N) is 1. The van der Waals surface area contributed by atoms with Gasteiger partial charge in [0.25, 0.3) is 5.60 Å². The van der Waals surface area contributed by atoms with Gasteiger partial charge in [0, 0.05) is 24.1 Å². The first-order chi connectivity index (χ1) is 22.7. The number of Topliss-reactive ketones (excluding diaryl/α,β-unsaturated/α-hetero) is 2. The Morgan fingerprint density at radius 2 is 1.68 bits per heavy atom. The average Bonchev–Trinajstić information content (AvgIpc) is 3.80. The molecule has 9 heteroatoms. The van der Waals surface area contributed by atoms with Crippen molar-refractivity contribution in [2.75, 3.05) is 19.8 Å². The standard InChI is InChI=1S/C38H44N2O7/c1-25(21-36(17-8-3-9-18-36)28-16-19-40-32(39)20-28)27(23-41)22-37-33(43)30-12-6-7-13-31(30)34(44)38(37,47-37)35(45)46-24-29(42)15-14-26-10-4-2-5-11-26/h2,4-7,10-13,16,20,29,40-42H,3,8-9,14-15,17-19,21-24,39H2,1H3. The molecule has 3 atom stereocenters. The Morgan fingerprint density at radius 1 is 1.00 bits per heavy atom. The van der Waals surface area contributed by atoms with Crippen LogP contribution in [0.25, 0.3) is 0 Å². The number of nitrogens with one attached hydrogen (secondary N) is 1. The van der Waals surface area contributed by atoms with Crippen LogP contribution in [0.3, 0.4) is 0 Å². The summed E-state index contributed by atoms with van der Waals surface area (Å²) in [6.07, 6.45) is 9.86. The number of allylic oxidation sites excluding steroid dienone is 3. The van der Waals surface area contributed by atoms with Crippen LogP contribution in [-0.4, -0.2) is 64.8 Å². The first-order valence-corrected chi connectivity index (χ1v) is 16.6. The third-order valence-electron chi connectivity index (χ3n) is 10.5. The number of fused-ring (bicyclic) bond motifs is 2. The molecule has 0 aromatic heterocycles. The summed E-state index contributed by atoms with van der Waals surface area (Å²) >= 11 is 0. The zero-order valence-electron chi connectivity index (χ0n) is 26.9. The summed E-state index contributed by atoms with van der Waals surface area (Å²) in [7, 11) is 0. The minimum absolute atomic E-state index is 0.0989. The van der Waals surface area contributed by atoms with Crippen molar-refractivity contribution in [2.24, 2.45) is 11.1 Å². The van der Waals surface area contributed by atoms with Crippen molar-refractivity contribution in [3.05, 3.63) is 106 Å². The molecular weight excluding hydrogens is 596 g/mol. The van der Waals surface area contributed by atoms with Gasteiger partial charge in [0.1, 0.15) is 6.61 Å². The van der Waals surface area contributed by atoms with Crippen molar-refractivity contribution in [1.82, 2.24) is 5.32 Å². The molecule has 0 spiro atoms. The molecule has 0 radical (unpaired) electrons. The highest BCUT2D eigenvalue weighted by molar-refractivity contribution is 6.32. The first-order valence-electron chi connectivity index (χ1n) is 16.6. The van der Waals surface area contributed by atoms with E-state index in [1.807, 2.05) is 43.3 Å². The van der Waals surface area contributed by atoms with Crippen molar-refractivity contribution in [1.29, 1.82) is 0 Å². The number of esters is 1. The molecule has 1 saturated carbocycles. The van der Waals surface area contributed by atoms with Crippen LogP contribution < -0.4 is 11.1 Å². The predicted molar refractivity (Wildman–Crippen MR) is 176 cm³/mol. The van der Waals surface area contributed by atoms with E-state index in [1.54, 1.807) is 18.2 Å². The van der Waals surface area contributed by atoms with Crippen LogP contribution >= 0.6 is 0 Å². The maximum atomic E-state index is 14.2. The summed E-state index contributed by atoms with van der Waals surface area (Å²) < 4.78 is 11.6. The molecule has 3 unspecified atom stereocenters. The zero-order chi connectivity index (χ0) is 33.2. The van der Waals surface area contributed by atoms with Gasteiger partial charge in [-0.05, 0) is 67.2 Å². The molecule has 2 heterocycles. The monoisotopic (exact) mass is 640 g/mol. The van der Waals surface area contributed by atoms with Crippen LogP contribution in [-0.2, 0) is 20.7 Å². The van der Waals surface area contributed by atoms with E-state index in [2.05, 4.69) is 11.4 Å². The molecule has 0 amide bonds. The van der Waals surface area contributed by atoms with Crippen molar-refractivity contribution in [2.45, 2.75) is 82.0 Å². The van der Waals surface area contributed by atoms with Gasteiger partial charge in [0.05, 0.1) is 18.5 Å². The molecular formula is C38H44N2O7. The number of hydrogen-bond donors (Lipinski definition) is 4. The molecule has 1 saturated heterocycles. The van der Waals surface area contributed by atoms with E-state index in [0.29, 0.717) is 37.2 Å². The fourth-order valence-electron chi connectivity index (χ4n) is 7.83. The molecule has 2 aliphatic carbocycles. The number of aliphatic hydroxyl groups excluding tert-OH is 2. The van der Waals surface area contributed by atoms with Crippen molar-refractivity contribution >= 4 is 17.5 Å². The zero-order valence-corrected chi connectivity index (χ0v) is 26.9. The first kappa shape index (κ1) is 32.9. The van der Waals surface area contributed by atoms with Gasteiger partial charge in [0.15, 0.2) is 11.4 Å². The third-order valence-corrected chi connectivity index (χ3v) is 10.5. The van der Waals surface area contributed by atoms with E-state index in [0.717, 1.165) is 43.2 Å². The van der Waals surface area contributed by atoms with Gasteiger partial charge in [-0.3, -0.25) is 9.59 Å². The van der Waals surface area contributed by atoms with E-state index in [4.69, 9.17) is 15.2 Å². The topological polar surface area (TPSA) is 151 Å². The van der Waals surface area contributed by atoms with Crippen LogP contribution in [0, 0.1) is 5.41 Å². The summed E-state index contributed by atoms with van der Waals surface area (Å²) in [4.78, 5) is 42.0. The number of ketones is 2. The number of epoxide rings is 1. The lowest BCUT2D eigenvalue weighted by Crippen LogP contribution is -2.51. The number of carbonyl (C=O) groups excluding carboxylic acids is 3. The molecule has 2 aliphatic heterocycles. The van der Waals surface area contributed by atoms with Crippen LogP contribution in [0.2, 0.25) is 0 Å². The SMILES string of the molecule is CC(CC1(C2=CCNC(N)=C2)CCCCC1)=C(CO)CC12OC1(C(=O)OCC(O)CCc1ccccc1)C(=O)c1ccccc1C2=O. The number of ether oxygens (including phenoxy) is 2. The second-order valence-corrected chi connectivity index (χ2v) is 13.5. The number of aliphatic hydroxyl groups is 2. The smallest absolute Gasteiger partial charge is 0.350 e. The maximum Gasteiger partial charge on any atom is 0.350 e. The molecule has 2 aromatic carbocycles. The summed E-state index contributed by atoms with van der Waals surface area (Å²) in [5, 5.41) is 24.5. The maximum absolute atomic E-state index is 14.2. The van der Waals surface area contributed by atoms with Gasteiger partial charge in [0.2, 0.25) is 5.78 Å². The molecule has 0 bridgehead atoms. The minimum Gasteiger partial charge on any atom is -0.460 e. The normalized spacial score (nSPS) is 25.7. The van der Waals surface area contributed by atoms with Gasteiger partial charge >= 0.3 is 5.97 Å². The summed E-state index contributed by atoms with van der Waals surface area (Å²) in [5.74, 6) is -1.50. The van der Waals surface area contributed by atoms with Gasteiger partial charge in [-0.25, -0.2) is 4.79 Å². The van der Waals surface area contributed by atoms with Crippen LogP contribution in [0.4, 0.5) is 0 Å². The van der Waals surface area contributed by atoms with Gasteiger partial charge < -0.3 is 30.7 Å². The lowest BCUT2D eigenvalue weighted by Gasteiger charge is -2.41. The van der Waals surface area contributed by atoms with Crippen LogP contribution in [0.5, 0.6) is 0 Å². The minimum atomic E-state index is -2.18. The van der Waals surface area contributed by atoms with E-state index >= 15 is 0 Å². The van der Waals surface area contributed by atoms with E-state index < -0.39 is 34.8 Å². The Hall–Kier alpha value is -4.05. The number of hydrogen-bond acceptors (Lipinski definition) is 9. The lowest BCUT2D eigenvalue weighted by atomic mass is 9.64. The molecule has 9 nitrogen and oxygen atoms in total. The van der Waals surface area contributed by atoms with Gasteiger partial charge in [-0.15, -0.1) is 0 Å². The fraction of sp³-hybridized carbons (Fsp3) is 0.447. The van der Waals surface area contributed by atoms with E-state index in [9.17, 15) is 24.6 Å². The number of aryl methyl sites for hydroxylation is 1. The quantitative estimate of drug-likeness (QED) is 0.114. The second-order valence-electron chi connectivity index (χ2n) is 13.5. The molecule has 47 heavy (non-hydrogen) atoms. The Balaban J connectivity index is 1.27. The molecule has 248 valence electrons. The summed E-state index contributed by atoms with van der Waals surface area (Å²) in [5.41, 5.74) is 5.89. The third kappa shape index (κ3) is 5.96. The summed E-state index contributed by atoms with van der Waals surface area (Å²) in [6, 6.07) is 16.0. The number of benzene rings is 2. The highest BCUT2D eigenvalue weighted by Crippen LogP contribution is 2.60. The van der Waals surface area contributed by atoms with E-state index in [1.165, 1.54) is 11.6 Å². The Bertz CT molecular complexity index is 1640. The lowest BCUT2D eigenvalue weighted by molar-refractivity contribution is -0.151. The van der Waals surface area contributed by atoms with Crippen molar-refractivity contribution in [3.8, 4) is 0 Å². The van der Waals surface area contributed by atoms with Crippen LogP contribution in [0.15, 0.2) is 89.3 Å². The van der Waals surface area contributed by atoms with Gasteiger partial charge in [-0.1, -0.05) is 85.5 Å². The number of dihydropyridines is 1. The highest BCUT2D eigenvalue weighted by Gasteiger charge is 2.85. The Morgan fingerprint density at radius 3 is 2.36 bits per heavy atom. The molecule has 5 N–H and O–H groups in total. The summed E-state index contributed by atoms with van der Waals surface area (Å²) in [6.45, 7) is 1.88. The Labute approximate surface area is 275 Å².